The number of allylic oxidation sites excluding steroid dienone is 2. The molecule has 2 atom stereocenters. The van der Waals surface area contributed by atoms with Crippen LogP contribution in [0.5, 0.6) is 17.2 Å². The maximum absolute atomic E-state index is 13.6. The summed E-state index contributed by atoms with van der Waals surface area (Å²) in [5.74, 6) is 2.70. The third-order valence-electron chi connectivity index (χ3n) is 8.48. The van der Waals surface area contributed by atoms with Gasteiger partial charge in [-0.1, -0.05) is 56.0 Å². The van der Waals surface area contributed by atoms with Gasteiger partial charge in [0.1, 0.15) is 5.75 Å². The molecule has 0 aromatic heterocycles. The van der Waals surface area contributed by atoms with Gasteiger partial charge in [-0.05, 0) is 81.7 Å². The van der Waals surface area contributed by atoms with Crippen LogP contribution in [0, 0.1) is 11.8 Å². The van der Waals surface area contributed by atoms with E-state index < -0.39 is 0 Å². The molecule has 6 heteroatoms. The molecule has 1 fully saturated rings. The molecule has 0 N–H and O–H groups in total. The topological polar surface area (TPSA) is 60.4 Å². The van der Waals surface area contributed by atoms with Crippen molar-refractivity contribution in [2.45, 2.75) is 83.1 Å². The summed E-state index contributed by atoms with van der Waals surface area (Å²) in [4.78, 5) is 13.6. The van der Waals surface area contributed by atoms with Crippen LogP contribution in [0.25, 0.3) is 0 Å². The van der Waals surface area contributed by atoms with Crippen molar-refractivity contribution in [3.8, 4) is 17.2 Å². The predicted molar refractivity (Wildman–Crippen MR) is 159 cm³/mol. The first-order valence-corrected chi connectivity index (χ1v) is 15.3. The van der Waals surface area contributed by atoms with Crippen LogP contribution in [0.15, 0.2) is 65.8 Å². The van der Waals surface area contributed by atoms with Crippen molar-refractivity contribution < 1.29 is 19.0 Å². The molecule has 1 aliphatic heterocycles. The van der Waals surface area contributed by atoms with E-state index in [1.807, 2.05) is 41.4 Å². The minimum Gasteiger partial charge on any atom is -0.494 e. The Bertz CT molecular complexity index is 1150. The van der Waals surface area contributed by atoms with Crippen LogP contribution in [0.4, 0.5) is 0 Å². The van der Waals surface area contributed by atoms with E-state index >= 15 is 0 Å². The highest BCUT2D eigenvalue weighted by atomic mass is 16.5. The summed E-state index contributed by atoms with van der Waals surface area (Å²) in [5.41, 5.74) is 2.05. The number of rotatable bonds is 12. The van der Waals surface area contributed by atoms with E-state index in [-0.39, 0.29) is 23.8 Å². The van der Waals surface area contributed by atoms with Gasteiger partial charge < -0.3 is 14.2 Å². The molecule has 1 saturated carbocycles. The number of amides is 1. The molecule has 5 rings (SSSR count). The molecule has 3 aliphatic rings. The van der Waals surface area contributed by atoms with Crippen molar-refractivity contribution in [1.29, 1.82) is 0 Å². The Hall–Kier alpha value is -3.28. The first kappa shape index (κ1) is 28.3. The molecule has 0 radical (unpaired) electrons. The second-order valence-corrected chi connectivity index (χ2v) is 11.3. The number of para-hydroxylation sites is 1. The second kappa shape index (κ2) is 14.4. The van der Waals surface area contributed by atoms with Gasteiger partial charge in [-0.25, -0.2) is 5.01 Å². The van der Waals surface area contributed by atoms with Gasteiger partial charge in [-0.2, -0.15) is 5.10 Å². The fraction of sp³-hybridized carbons (Fsp3) is 0.529. The van der Waals surface area contributed by atoms with E-state index in [2.05, 4.69) is 24.3 Å². The van der Waals surface area contributed by atoms with Gasteiger partial charge in [-0.3, -0.25) is 4.79 Å². The van der Waals surface area contributed by atoms with Gasteiger partial charge >= 0.3 is 0 Å². The SMILES string of the molecule is COc1ccc(C2=NN(C3CCCCCC3)C(=O)[C@@H]3CC=CC[C@H]23)cc1OCCCCCCOc1ccccc1. The molecule has 6 nitrogen and oxygen atoms in total. The van der Waals surface area contributed by atoms with E-state index in [0.29, 0.717) is 6.61 Å². The number of fused-ring (bicyclic) bond motifs is 1. The fourth-order valence-corrected chi connectivity index (χ4v) is 6.23. The lowest BCUT2D eigenvalue weighted by molar-refractivity contribution is -0.140. The molecule has 1 amide bonds. The number of hydrogen-bond donors (Lipinski definition) is 0. The Morgan fingerprint density at radius 2 is 1.50 bits per heavy atom. The van der Waals surface area contributed by atoms with Crippen molar-refractivity contribution >= 4 is 11.6 Å². The number of ether oxygens (including phenoxy) is 3. The van der Waals surface area contributed by atoms with E-state index in [0.717, 1.165) is 86.5 Å². The summed E-state index contributed by atoms with van der Waals surface area (Å²) >= 11 is 0. The Morgan fingerprint density at radius 3 is 2.23 bits per heavy atom. The maximum atomic E-state index is 13.6. The summed E-state index contributed by atoms with van der Waals surface area (Å²) in [6.07, 6.45) is 17.2. The van der Waals surface area contributed by atoms with E-state index in [1.165, 1.54) is 25.7 Å². The molecule has 2 aromatic carbocycles. The van der Waals surface area contributed by atoms with Gasteiger partial charge in [0.15, 0.2) is 11.5 Å². The molecule has 40 heavy (non-hydrogen) atoms. The summed E-state index contributed by atoms with van der Waals surface area (Å²) in [7, 11) is 1.68. The number of hydrazone groups is 1. The van der Waals surface area contributed by atoms with E-state index in [9.17, 15) is 4.79 Å². The van der Waals surface area contributed by atoms with Crippen LogP contribution in [0.3, 0.4) is 0 Å². The number of nitrogens with zero attached hydrogens (tertiary/aromatic N) is 2. The minimum atomic E-state index is -0.0295. The lowest BCUT2D eigenvalue weighted by Crippen LogP contribution is -2.49. The van der Waals surface area contributed by atoms with Gasteiger partial charge in [0.05, 0.1) is 38.0 Å². The fourth-order valence-electron chi connectivity index (χ4n) is 6.23. The van der Waals surface area contributed by atoms with Crippen LogP contribution in [-0.2, 0) is 4.79 Å². The van der Waals surface area contributed by atoms with E-state index in [1.54, 1.807) is 7.11 Å². The first-order chi connectivity index (χ1) is 19.7. The largest absolute Gasteiger partial charge is 0.494 e. The molecule has 1 heterocycles. The summed E-state index contributed by atoms with van der Waals surface area (Å²) < 4.78 is 17.7. The molecular formula is C34H44N2O4. The normalized spacial score (nSPS) is 21.4. The molecule has 0 spiro atoms. The second-order valence-electron chi connectivity index (χ2n) is 11.3. The average Bonchev–Trinajstić information content (AvgIpc) is 3.29. The Balaban J connectivity index is 1.22. The van der Waals surface area contributed by atoms with Crippen molar-refractivity contribution in [3.63, 3.8) is 0 Å². The third-order valence-corrected chi connectivity index (χ3v) is 8.48. The molecule has 2 aliphatic carbocycles. The first-order valence-electron chi connectivity index (χ1n) is 15.3. The zero-order valence-electron chi connectivity index (χ0n) is 23.9. The molecule has 0 unspecified atom stereocenters. The number of unbranched alkanes of at least 4 members (excludes halogenated alkanes) is 3. The van der Waals surface area contributed by atoms with Crippen LogP contribution in [-0.4, -0.2) is 43.0 Å². The van der Waals surface area contributed by atoms with Crippen LogP contribution < -0.4 is 14.2 Å². The number of methoxy groups -OCH3 is 1. The Morgan fingerprint density at radius 1 is 0.800 bits per heavy atom. The summed E-state index contributed by atoms with van der Waals surface area (Å²) in [5, 5.41) is 6.97. The third kappa shape index (κ3) is 7.07. The van der Waals surface area contributed by atoms with E-state index in [4.69, 9.17) is 19.3 Å². The molecule has 2 aromatic rings. The predicted octanol–water partition coefficient (Wildman–Crippen LogP) is 7.56. The van der Waals surface area contributed by atoms with Crippen LogP contribution in [0.1, 0.15) is 82.6 Å². The van der Waals surface area contributed by atoms with Gasteiger partial charge in [0.2, 0.25) is 5.91 Å². The lowest BCUT2D eigenvalue weighted by Gasteiger charge is -2.40. The highest BCUT2D eigenvalue weighted by Crippen LogP contribution is 2.39. The minimum absolute atomic E-state index is 0.0295. The lowest BCUT2D eigenvalue weighted by atomic mass is 9.76. The molecular weight excluding hydrogens is 500 g/mol. The summed E-state index contributed by atoms with van der Waals surface area (Å²) in [6.45, 7) is 1.37. The molecule has 0 bridgehead atoms. The monoisotopic (exact) mass is 544 g/mol. The number of hydrogen-bond acceptors (Lipinski definition) is 5. The van der Waals surface area contributed by atoms with Crippen LogP contribution in [0.2, 0.25) is 0 Å². The smallest absolute Gasteiger partial charge is 0.247 e. The van der Waals surface area contributed by atoms with Gasteiger partial charge in [0.25, 0.3) is 0 Å². The summed E-state index contributed by atoms with van der Waals surface area (Å²) in [6, 6.07) is 16.3. The molecule has 214 valence electrons. The van der Waals surface area contributed by atoms with Gasteiger partial charge in [-0.15, -0.1) is 0 Å². The standard InChI is InChI=1S/C34H44N2O4/c1-38-31-22-21-26(25-32(31)40-24-14-5-4-13-23-39-28-17-9-6-10-18-28)33-29-19-11-12-20-30(29)34(37)36(35-33)27-15-7-2-3-8-16-27/h6,9-12,17-18,21-22,25,27,29-30H,2-5,7-8,13-16,19-20,23-24H2,1H3/t29-,30+/m0/s1. The van der Waals surface area contributed by atoms with Gasteiger partial charge in [0, 0.05) is 11.5 Å². The zero-order chi connectivity index (χ0) is 27.6. The quantitative estimate of drug-likeness (QED) is 0.157. The van der Waals surface area contributed by atoms with Crippen molar-refractivity contribution in [3.05, 3.63) is 66.2 Å². The number of carbonyl (C=O) groups is 1. The Labute approximate surface area is 239 Å². The van der Waals surface area contributed by atoms with Crippen molar-refractivity contribution in [2.24, 2.45) is 16.9 Å². The maximum Gasteiger partial charge on any atom is 0.247 e. The van der Waals surface area contributed by atoms with Crippen LogP contribution >= 0.6 is 0 Å². The highest BCUT2D eigenvalue weighted by Gasteiger charge is 2.42. The number of carbonyl (C=O) groups excluding carboxylic acids is 1. The van der Waals surface area contributed by atoms with Crippen molar-refractivity contribution in [2.75, 3.05) is 20.3 Å². The average molecular weight is 545 g/mol. The van der Waals surface area contributed by atoms with Crippen molar-refractivity contribution in [1.82, 2.24) is 5.01 Å². The zero-order valence-corrected chi connectivity index (χ0v) is 23.9. The highest BCUT2D eigenvalue weighted by molar-refractivity contribution is 6.07. The Kier molecular flexibility index (Phi) is 10.2. The number of benzene rings is 2. The molecule has 0 saturated heterocycles.